The summed E-state index contributed by atoms with van der Waals surface area (Å²) in [5.41, 5.74) is 7.62. The van der Waals surface area contributed by atoms with Crippen molar-refractivity contribution in [2.24, 2.45) is 0 Å². The van der Waals surface area contributed by atoms with Gasteiger partial charge in [0.25, 0.3) is 0 Å². The van der Waals surface area contributed by atoms with Crippen molar-refractivity contribution in [3.05, 3.63) is 57.0 Å². The van der Waals surface area contributed by atoms with Gasteiger partial charge in [0, 0.05) is 21.8 Å². The van der Waals surface area contributed by atoms with Gasteiger partial charge in [-0.25, -0.2) is 0 Å². The first-order chi connectivity index (χ1) is 9.04. The monoisotopic (exact) mass is 341 g/mol. The summed E-state index contributed by atoms with van der Waals surface area (Å²) in [6, 6.07) is 10.4. The van der Waals surface area contributed by atoms with Crippen LogP contribution in [-0.2, 0) is 0 Å². The van der Waals surface area contributed by atoms with E-state index >= 15 is 0 Å². The highest BCUT2D eigenvalue weighted by atomic mass is 79.9. The minimum Gasteiger partial charge on any atom is -0.496 e. The number of hydrogen-bond acceptors (Lipinski definition) is 3. The second kappa shape index (κ2) is 5.82. The van der Waals surface area contributed by atoms with Crippen molar-refractivity contribution in [1.29, 1.82) is 0 Å². The molecule has 1 unspecified atom stereocenters. The second-order valence-electron chi connectivity index (χ2n) is 4.04. The van der Waals surface area contributed by atoms with Crippen LogP contribution in [0.15, 0.2) is 40.9 Å². The van der Waals surface area contributed by atoms with Crippen molar-refractivity contribution in [3.63, 3.8) is 0 Å². The number of aliphatic hydroxyl groups is 1. The smallest absolute Gasteiger partial charge is 0.133 e. The normalized spacial score (nSPS) is 12.2. The lowest BCUT2D eigenvalue weighted by molar-refractivity contribution is 0.219. The average molecular weight is 343 g/mol. The Bertz CT molecular complexity index is 604. The van der Waals surface area contributed by atoms with E-state index in [9.17, 15) is 5.11 Å². The van der Waals surface area contributed by atoms with Gasteiger partial charge in [-0.15, -0.1) is 0 Å². The van der Waals surface area contributed by atoms with Crippen LogP contribution < -0.4 is 10.5 Å². The Labute approximate surface area is 125 Å². The van der Waals surface area contributed by atoms with Crippen LogP contribution in [0.5, 0.6) is 5.75 Å². The maximum atomic E-state index is 10.5. The molecular weight excluding hydrogens is 330 g/mol. The van der Waals surface area contributed by atoms with Crippen molar-refractivity contribution in [1.82, 2.24) is 0 Å². The lowest BCUT2D eigenvalue weighted by Crippen LogP contribution is -2.05. The number of nitrogen functional groups attached to an aromatic ring is 1. The van der Waals surface area contributed by atoms with Crippen molar-refractivity contribution in [2.45, 2.75) is 6.10 Å². The molecule has 0 aliphatic carbocycles. The van der Waals surface area contributed by atoms with Crippen molar-refractivity contribution in [2.75, 3.05) is 12.8 Å². The number of methoxy groups -OCH3 is 1. The van der Waals surface area contributed by atoms with E-state index in [0.717, 1.165) is 0 Å². The molecular formula is C14H13BrClNO2. The lowest BCUT2D eigenvalue weighted by Gasteiger charge is -2.17. The first-order valence-corrected chi connectivity index (χ1v) is 6.77. The van der Waals surface area contributed by atoms with Gasteiger partial charge in [0.2, 0.25) is 0 Å². The SMILES string of the molecule is COc1cccc(C(O)c2cc(Cl)ccc2N)c1Br. The number of rotatable bonds is 3. The van der Waals surface area contributed by atoms with Gasteiger partial charge >= 0.3 is 0 Å². The molecule has 100 valence electrons. The Morgan fingerprint density at radius 1 is 1.26 bits per heavy atom. The van der Waals surface area contributed by atoms with E-state index in [2.05, 4.69) is 15.9 Å². The van der Waals surface area contributed by atoms with Gasteiger partial charge in [0.15, 0.2) is 0 Å². The van der Waals surface area contributed by atoms with Crippen molar-refractivity contribution >= 4 is 33.2 Å². The average Bonchev–Trinajstić information content (AvgIpc) is 2.41. The molecule has 0 aromatic heterocycles. The molecule has 1 atom stereocenters. The van der Waals surface area contributed by atoms with Crippen LogP contribution in [0.3, 0.4) is 0 Å². The summed E-state index contributed by atoms with van der Waals surface area (Å²) < 4.78 is 5.91. The van der Waals surface area contributed by atoms with Crippen LogP contribution in [0.2, 0.25) is 5.02 Å². The van der Waals surface area contributed by atoms with Gasteiger partial charge in [-0.05, 0) is 40.2 Å². The maximum absolute atomic E-state index is 10.5. The molecule has 0 heterocycles. The molecule has 0 aliphatic rings. The Kier molecular flexibility index (Phi) is 4.34. The highest BCUT2D eigenvalue weighted by Crippen LogP contribution is 2.37. The zero-order valence-electron chi connectivity index (χ0n) is 10.2. The quantitative estimate of drug-likeness (QED) is 0.835. The highest BCUT2D eigenvalue weighted by Gasteiger charge is 2.18. The summed E-state index contributed by atoms with van der Waals surface area (Å²) in [6.45, 7) is 0. The first-order valence-electron chi connectivity index (χ1n) is 5.60. The number of halogens is 2. The number of hydrogen-bond donors (Lipinski definition) is 2. The summed E-state index contributed by atoms with van der Waals surface area (Å²) in [6.07, 6.45) is -0.872. The molecule has 2 aromatic rings. The summed E-state index contributed by atoms with van der Waals surface area (Å²) in [5.74, 6) is 0.650. The number of nitrogens with two attached hydrogens (primary N) is 1. The van der Waals surface area contributed by atoms with Gasteiger partial charge in [0.05, 0.1) is 11.6 Å². The van der Waals surface area contributed by atoms with E-state index in [1.54, 1.807) is 31.4 Å². The molecule has 0 fully saturated rings. The summed E-state index contributed by atoms with van der Waals surface area (Å²) >= 11 is 9.37. The molecule has 3 N–H and O–H groups in total. The number of ether oxygens (including phenoxy) is 1. The maximum Gasteiger partial charge on any atom is 0.133 e. The van der Waals surface area contributed by atoms with Gasteiger partial charge < -0.3 is 15.6 Å². The molecule has 0 saturated heterocycles. The van der Waals surface area contributed by atoms with Gasteiger partial charge in [0.1, 0.15) is 11.9 Å². The van der Waals surface area contributed by atoms with E-state index in [-0.39, 0.29) is 0 Å². The highest BCUT2D eigenvalue weighted by molar-refractivity contribution is 9.10. The fourth-order valence-corrected chi connectivity index (χ4v) is 2.67. The van der Waals surface area contributed by atoms with Crippen LogP contribution in [0.4, 0.5) is 5.69 Å². The number of benzene rings is 2. The molecule has 0 radical (unpaired) electrons. The summed E-state index contributed by atoms with van der Waals surface area (Å²) in [7, 11) is 1.57. The van der Waals surface area contributed by atoms with Crippen LogP contribution in [-0.4, -0.2) is 12.2 Å². The number of aliphatic hydroxyl groups excluding tert-OH is 1. The Morgan fingerprint density at radius 2 is 2.00 bits per heavy atom. The van der Waals surface area contributed by atoms with Crippen LogP contribution in [0, 0.1) is 0 Å². The van der Waals surface area contributed by atoms with Crippen LogP contribution in [0.25, 0.3) is 0 Å². The largest absolute Gasteiger partial charge is 0.496 e. The topological polar surface area (TPSA) is 55.5 Å². The van der Waals surface area contributed by atoms with E-state index in [4.69, 9.17) is 22.1 Å². The predicted octanol–water partition coefficient (Wildman–Crippen LogP) is 3.78. The Morgan fingerprint density at radius 3 is 2.68 bits per heavy atom. The van der Waals surface area contributed by atoms with E-state index < -0.39 is 6.10 Å². The van der Waals surface area contributed by atoms with Crippen LogP contribution >= 0.6 is 27.5 Å². The molecule has 0 aliphatic heterocycles. The van der Waals surface area contributed by atoms with E-state index in [1.165, 1.54) is 0 Å². The van der Waals surface area contributed by atoms with Crippen molar-refractivity contribution < 1.29 is 9.84 Å². The minimum absolute atomic E-state index is 0.492. The van der Waals surface area contributed by atoms with E-state index in [1.807, 2.05) is 12.1 Å². The molecule has 5 heteroatoms. The summed E-state index contributed by atoms with van der Waals surface area (Å²) in [5, 5.41) is 11.0. The molecule has 2 aromatic carbocycles. The van der Waals surface area contributed by atoms with E-state index in [0.29, 0.717) is 32.1 Å². The molecule has 0 saturated carbocycles. The molecule has 0 amide bonds. The fraction of sp³-hybridized carbons (Fsp3) is 0.143. The Balaban J connectivity index is 2.50. The molecule has 3 nitrogen and oxygen atoms in total. The predicted molar refractivity (Wildman–Crippen MR) is 80.6 cm³/mol. The van der Waals surface area contributed by atoms with Gasteiger partial charge in [-0.2, -0.15) is 0 Å². The van der Waals surface area contributed by atoms with Gasteiger partial charge in [-0.3, -0.25) is 0 Å². The summed E-state index contributed by atoms with van der Waals surface area (Å²) in [4.78, 5) is 0. The fourth-order valence-electron chi connectivity index (χ4n) is 1.85. The Hall–Kier alpha value is -1.23. The van der Waals surface area contributed by atoms with Gasteiger partial charge in [-0.1, -0.05) is 23.7 Å². The minimum atomic E-state index is -0.872. The number of anilines is 1. The third-order valence-corrected chi connectivity index (χ3v) is 3.93. The zero-order chi connectivity index (χ0) is 14.0. The molecule has 0 bridgehead atoms. The third kappa shape index (κ3) is 2.86. The molecule has 19 heavy (non-hydrogen) atoms. The third-order valence-electron chi connectivity index (χ3n) is 2.85. The lowest BCUT2D eigenvalue weighted by atomic mass is 10.00. The molecule has 0 spiro atoms. The zero-order valence-corrected chi connectivity index (χ0v) is 12.6. The van der Waals surface area contributed by atoms with Crippen molar-refractivity contribution in [3.8, 4) is 5.75 Å². The first kappa shape index (κ1) is 14.2. The standard InChI is InChI=1S/C14H13BrClNO2/c1-19-12-4-2-3-9(13(12)15)14(18)10-7-8(16)5-6-11(10)17/h2-7,14,18H,17H2,1H3. The van der Waals surface area contributed by atoms with Crippen LogP contribution in [0.1, 0.15) is 17.2 Å². The molecule has 2 rings (SSSR count). The second-order valence-corrected chi connectivity index (χ2v) is 5.27.